The van der Waals surface area contributed by atoms with Crippen LogP contribution in [-0.2, 0) is 13.0 Å². The zero-order valence-corrected chi connectivity index (χ0v) is 10.6. The summed E-state index contributed by atoms with van der Waals surface area (Å²) in [4.78, 5) is 12.3. The molecule has 0 saturated carbocycles. The van der Waals surface area contributed by atoms with E-state index in [4.69, 9.17) is 21.4 Å². The summed E-state index contributed by atoms with van der Waals surface area (Å²) >= 11 is 6.20. The number of aliphatic hydroxyl groups is 1. The fourth-order valence-corrected chi connectivity index (χ4v) is 2.55. The van der Waals surface area contributed by atoms with Crippen molar-refractivity contribution in [2.45, 2.75) is 19.0 Å². The van der Waals surface area contributed by atoms with Gasteiger partial charge in [0.1, 0.15) is 5.75 Å². The minimum absolute atomic E-state index is 0.223. The molecule has 5 nitrogen and oxygen atoms in total. The van der Waals surface area contributed by atoms with E-state index in [2.05, 4.69) is 0 Å². The van der Waals surface area contributed by atoms with Gasteiger partial charge in [0.25, 0.3) is 0 Å². The molecule has 0 bridgehead atoms. The molecule has 1 aromatic carbocycles. The van der Waals surface area contributed by atoms with E-state index in [1.165, 1.54) is 12.0 Å². The van der Waals surface area contributed by atoms with E-state index >= 15 is 0 Å². The van der Waals surface area contributed by atoms with E-state index in [0.29, 0.717) is 17.2 Å². The largest absolute Gasteiger partial charge is 0.495 e. The number of fused-ring (bicyclic) bond motifs is 1. The Bertz CT molecular complexity index is 477. The second-order valence-corrected chi connectivity index (χ2v) is 4.55. The second-order valence-electron chi connectivity index (χ2n) is 4.17. The number of carbonyl (C=O) groups is 1. The highest BCUT2D eigenvalue weighted by Gasteiger charge is 2.31. The Hall–Kier alpha value is -1.46. The molecule has 18 heavy (non-hydrogen) atoms. The maximum Gasteiger partial charge on any atom is 0.407 e. The van der Waals surface area contributed by atoms with E-state index in [-0.39, 0.29) is 13.2 Å². The summed E-state index contributed by atoms with van der Waals surface area (Å²) in [5.74, 6) is 0.566. The van der Waals surface area contributed by atoms with Crippen LogP contribution in [0.5, 0.6) is 5.75 Å². The first-order valence-corrected chi connectivity index (χ1v) is 5.91. The Balaban J connectivity index is 2.41. The Kier molecular flexibility index (Phi) is 3.63. The zero-order valence-electron chi connectivity index (χ0n) is 9.89. The first-order chi connectivity index (χ1) is 8.58. The lowest BCUT2D eigenvalue weighted by Crippen LogP contribution is -2.45. The van der Waals surface area contributed by atoms with Gasteiger partial charge in [-0.1, -0.05) is 17.7 Å². The lowest BCUT2D eigenvalue weighted by atomic mass is 9.94. The minimum atomic E-state index is -1.04. The summed E-state index contributed by atoms with van der Waals surface area (Å²) in [5.41, 5.74) is 1.71. The number of ether oxygens (including phenoxy) is 1. The van der Waals surface area contributed by atoms with E-state index < -0.39 is 12.1 Å². The molecule has 0 spiro atoms. The average molecular weight is 272 g/mol. The minimum Gasteiger partial charge on any atom is -0.495 e. The molecule has 2 rings (SSSR count). The maximum atomic E-state index is 11.1. The first-order valence-electron chi connectivity index (χ1n) is 5.53. The predicted molar refractivity (Wildman–Crippen MR) is 66.1 cm³/mol. The summed E-state index contributed by atoms with van der Waals surface area (Å²) in [6, 6.07) is 3.07. The number of amides is 1. The van der Waals surface area contributed by atoms with E-state index in [0.717, 1.165) is 11.1 Å². The second kappa shape index (κ2) is 5.04. The number of nitrogens with zero attached hydrogens (tertiary/aromatic N) is 1. The third-order valence-electron chi connectivity index (χ3n) is 3.20. The van der Waals surface area contributed by atoms with Crippen molar-refractivity contribution >= 4 is 17.7 Å². The number of aliphatic hydroxyl groups excluding tert-OH is 1. The molecule has 0 aromatic heterocycles. The highest BCUT2D eigenvalue weighted by Crippen LogP contribution is 2.35. The Morgan fingerprint density at radius 1 is 1.61 bits per heavy atom. The Labute approximate surface area is 110 Å². The van der Waals surface area contributed by atoms with Crippen LogP contribution in [0.15, 0.2) is 12.1 Å². The SMILES string of the molecule is COc1ccc2c(c1Cl)CC(CO)N(C(=O)O)C2. The molecule has 6 heteroatoms. The fraction of sp³-hybridized carbons (Fsp3) is 0.417. The van der Waals surface area contributed by atoms with E-state index in [1.54, 1.807) is 6.07 Å². The molecule has 1 atom stereocenters. The lowest BCUT2D eigenvalue weighted by Gasteiger charge is -2.34. The van der Waals surface area contributed by atoms with Crippen LogP contribution in [0.1, 0.15) is 11.1 Å². The Morgan fingerprint density at radius 3 is 2.89 bits per heavy atom. The van der Waals surface area contributed by atoms with Gasteiger partial charge in [0.05, 0.1) is 24.8 Å². The highest BCUT2D eigenvalue weighted by molar-refractivity contribution is 6.33. The molecule has 1 aromatic rings. The van der Waals surface area contributed by atoms with Gasteiger partial charge in [0.2, 0.25) is 0 Å². The quantitative estimate of drug-likeness (QED) is 0.860. The summed E-state index contributed by atoms with van der Waals surface area (Å²) in [6.45, 7) is 0.0128. The molecule has 98 valence electrons. The smallest absolute Gasteiger partial charge is 0.407 e. The maximum absolute atomic E-state index is 11.1. The van der Waals surface area contributed by atoms with Crippen LogP contribution in [0.25, 0.3) is 0 Å². The predicted octanol–water partition coefficient (Wildman–Crippen LogP) is 1.75. The van der Waals surface area contributed by atoms with Crippen molar-refractivity contribution in [1.29, 1.82) is 0 Å². The molecule has 1 aliphatic heterocycles. The summed E-state index contributed by atoms with van der Waals surface area (Å²) in [5, 5.41) is 18.9. The first kappa shape index (κ1) is 13.0. The van der Waals surface area contributed by atoms with Gasteiger partial charge >= 0.3 is 6.09 Å². The summed E-state index contributed by atoms with van der Waals surface area (Å²) in [6.07, 6.45) is -0.639. The lowest BCUT2D eigenvalue weighted by molar-refractivity contribution is 0.0874. The van der Waals surface area contributed by atoms with Crippen molar-refractivity contribution in [3.8, 4) is 5.75 Å². The monoisotopic (exact) mass is 271 g/mol. The number of hydrogen-bond acceptors (Lipinski definition) is 3. The van der Waals surface area contributed by atoms with Crippen molar-refractivity contribution in [3.63, 3.8) is 0 Å². The average Bonchev–Trinajstić information content (AvgIpc) is 2.38. The van der Waals surface area contributed by atoms with Crippen LogP contribution in [0.3, 0.4) is 0 Å². The molecular weight excluding hydrogens is 258 g/mol. The molecule has 1 unspecified atom stereocenters. The van der Waals surface area contributed by atoms with Gasteiger partial charge in [-0.15, -0.1) is 0 Å². The summed E-state index contributed by atoms with van der Waals surface area (Å²) in [7, 11) is 1.53. The third-order valence-corrected chi connectivity index (χ3v) is 3.62. The van der Waals surface area contributed by atoms with Gasteiger partial charge < -0.3 is 14.9 Å². The van der Waals surface area contributed by atoms with E-state index in [9.17, 15) is 9.90 Å². The summed E-state index contributed by atoms with van der Waals surface area (Å²) < 4.78 is 5.13. The van der Waals surface area contributed by atoms with Crippen molar-refractivity contribution in [3.05, 3.63) is 28.3 Å². The van der Waals surface area contributed by atoms with Crippen LogP contribution >= 0.6 is 11.6 Å². The topological polar surface area (TPSA) is 70.0 Å². The number of rotatable bonds is 2. The van der Waals surface area contributed by atoms with Gasteiger partial charge in [-0.2, -0.15) is 0 Å². The van der Waals surface area contributed by atoms with Gasteiger partial charge in [0.15, 0.2) is 0 Å². The standard InChI is InChI=1S/C12H14ClNO4/c1-18-10-3-2-7-5-14(12(16)17)8(6-15)4-9(7)11(10)13/h2-3,8,15H,4-6H2,1H3,(H,16,17). The normalized spacial score (nSPS) is 18.4. The fourth-order valence-electron chi connectivity index (χ4n) is 2.21. The number of methoxy groups -OCH3 is 1. The molecule has 0 radical (unpaired) electrons. The van der Waals surface area contributed by atoms with Crippen molar-refractivity contribution < 1.29 is 19.7 Å². The van der Waals surface area contributed by atoms with E-state index in [1.807, 2.05) is 6.07 Å². The molecule has 2 N–H and O–H groups in total. The Morgan fingerprint density at radius 2 is 2.33 bits per heavy atom. The number of benzene rings is 1. The molecular formula is C12H14ClNO4. The highest BCUT2D eigenvalue weighted by atomic mass is 35.5. The molecule has 1 heterocycles. The van der Waals surface area contributed by atoms with Crippen LogP contribution in [-0.4, -0.2) is 41.0 Å². The molecule has 0 fully saturated rings. The number of carboxylic acid groups (broad SMARTS) is 1. The number of halogens is 1. The van der Waals surface area contributed by atoms with Crippen LogP contribution in [0.4, 0.5) is 4.79 Å². The van der Waals surface area contributed by atoms with Gasteiger partial charge in [-0.3, -0.25) is 4.90 Å². The third kappa shape index (κ3) is 2.11. The van der Waals surface area contributed by atoms with Crippen LogP contribution < -0.4 is 4.74 Å². The van der Waals surface area contributed by atoms with Crippen molar-refractivity contribution in [2.24, 2.45) is 0 Å². The molecule has 1 aliphatic rings. The van der Waals surface area contributed by atoms with Crippen molar-refractivity contribution in [2.75, 3.05) is 13.7 Å². The molecule has 0 saturated heterocycles. The molecule has 0 aliphatic carbocycles. The van der Waals surface area contributed by atoms with Gasteiger partial charge in [-0.05, 0) is 23.6 Å². The molecule has 1 amide bonds. The number of hydrogen-bond donors (Lipinski definition) is 2. The van der Waals surface area contributed by atoms with Crippen LogP contribution in [0, 0.1) is 0 Å². The van der Waals surface area contributed by atoms with Crippen LogP contribution in [0.2, 0.25) is 5.02 Å². The van der Waals surface area contributed by atoms with Crippen molar-refractivity contribution in [1.82, 2.24) is 4.90 Å². The van der Waals surface area contributed by atoms with Gasteiger partial charge in [0, 0.05) is 6.54 Å². The van der Waals surface area contributed by atoms with Gasteiger partial charge in [-0.25, -0.2) is 4.79 Å². The zero-order chi connectivity index (χ0) is 13.3.